The average Bonchev–Trinajstić information content (AvgIpc) is 3.55. The van der Waals surface area contributed by atoms with E-state index < -0.39 is 11.8 Å². The fourth-order valence-corrected chi connectivity index (χ4v) is 4.20. The number of hydrogen-bond acceptors (Lipinski definition) is 3. The van der Waals surface area contributed by atoms with E-state index in [-0.39, 0.29) is 23.6 Å². The summed E-state index contributed by atoms with van der Waals surface area (Å²) in [7, 11) is 0. The third-order valence-electron chi connectivity index (χ3n) is 6.38. The number of alkyl halides is 3. The van der Waals surface area contributed by atoms with Gasteiger partial charge in [-0.25, -0.2) is 0 Å². The quantitative estimate of drug-likeness (QED) is 0.826. The van der Waals surface area contributed by atoms with Crippen LogP contribution in [0.15, 0.2) is 24.3 Å². The number of carbonyl (C=O) groups excluding carboxylic acids is 1. The molecule has 0 bridgehead atoms. The monoisotopic (exact) mass is 396 g/mol. The predicted octanol–water partition coefficient (Wildman–Crippen LogP) is 3.69. The highest BCUT2D eigenvalue weighted by atomic mass is 19.4. The van der Waals surface area contributed by atoms with Gasteiger partial charge in [0.2, 0.25) is 0 Å². The van der Waals surface area contributed by atoms with E-state index in [2.05, 4.69) is 4.90 Å². The molecule has 2 aliphatic carbocycles. The molecule has 28 heavy (non-hydrogen) atoms. The van der Waals surface area contributed by atoms with Crippen LogP contribution in [-0.2, 0) is 5.60 Å². The van der Waals surface area contributed by atoms with Crippen LogP contribution >= 0.6 is 0 Å². The lowest BCUT2D eigenvalue weighted by molar-refractivity contribution is -0.258. The molecule has 0 aromatic heterocycles. The van der Waals surface area contributed by atoms with Gasteiger partial charge in [0.05, 0.1) is 0 Å². The second-order valence-corrected chi connectivity index (χ2v) is 8.59. The van der Waals surface area contributed by atoms with Gasteiger partial charge in [-0.2, -0.15) is 13.2 Å². The number of hydrogen-bond donors (Lipinski definition) is 1. The summed E-state index contributed by atoms with van der Waals surface area (Å²) >= 11 is 0. The van der Waals surface area contributed by atoms with Gasteiger partial charge in [0.25, 0.3) is 5.91 Å². The van der Waals surface area contributed by atoms with Crippen LogP contribution < -0.4 is 0 Å². The first-order valence-electron chi connectivity index (χ1n) is 10.1. The fourth-order valence-electron chi connectivity index (χ4n) is 4.20. The van der Waals surface area contributed by atoms with Crippen LogP contribution in [-0.4, -0.2) is 58.2 Å². The lowest BCUT2D eigenvalue weighted by Gasteiger charge is -2.39. The second kappa shape index (κ2) is 7.02. The summed E-state index contributed by atoms with van der Waals surface area (Å²) in [4.78, 5) is 17.6. The van der Waals surface area contributed by atoms with Crippen molar-refractivity contribution in [2.45, 2.75) is 75.4 Å². The Balaban J connectivity index is 1.47. The van der Waals surface area contributed by atoms with Gasteiger partial charge in [0.15, 0.2) is 5.60 Å². The Bertz CT molecular complexity index is 716. The van der Waals surface area contributed by atoms with E-state index in [4.69, 9.17) is 0 Å². The highest BCUT2D eigenvalue weighted by molar-refractivity contribution is 5.95. The van der Waals surface area contributed by atoms with E-state index in [1.54, 1.807) is 0 Å². The molecule has 1 unspecified atom stereocenters. The highest BCUT2D eigenvalue weighted by Crippen LogP contribution is 2.39. The van der Waals surface area contributed by atoms with Crippen molar-refractivity contribution in [1.29, 1.82) is 0 Å². The van der Waals surface area contributed by atoms with Crippen LogP contribution in [0.1, 0.15) is 61.4 Å². The molecule has 2 saturated carbocycles. The van der Waals surface area contributed by atoms with Gasteiger partial charge in [-0.1, -0.05) is 12.1 Å². The smallest absolute Gasteiger partial charge is 0.376 e. The Morgan fingerprint density at radius 2 is 1.54 bits per heavy atom. The molecule has 4 rings (SSSR count). The molecule has 0 spiro atoms. The van der Waals surface area contributed by atoms with Crippen molar-refractivity contribution in [1.82, 2.24) is 9.80 Å². The number of amides is 1. The largest absolute Gasteiger partial charge is 0.421 e. The maximum Gasteiger partial charge on any atom is 0.421 e. The summed E-state index contributed by atoms with van der Waals surface area (Å²) in [6.45, 7) is 2.76. The number of rotatable bonds is 5. The number of halogens is 3. The van der Waals surface area contributed by atoms with E-state index in [1.165, 1.54) is 37.1 Å². The third kappa shape index (κ3) is 3.79. The Kier molecular flexibility index (Phi) is 4.94. The van der Waals surface area contributed by atoms with Crippen molar-refractivity contribution in [3.63, 3.8) is 0 Å². The summed E-state index contributed by atoms with van der Waals surface area (Å²) in [5.41, 5.74) is -2.80. The minimum Gasteiger partial charge on any atom is -0.376 e. The standard InChI is InChI=1S/C21H27F3N2O2/c1-20(28,21(22,23)24)15-4-2-14(3-5-15)19(27)26(17-8-9-17)18-10-12-25(13-11-18)16-6-7-16/h2-5,16-18,28H,6-13H2,1H3. The number of aliphatic hydroxyl groups is 1. The van der Waals surface area contributed by atoms with E-state index in [0.29, 0.717) is 5.56 Å². The molecule has 3 fully saturated rings. The lowest BCUT2D eigenvalue weighted by atomic mass is 9.94. The summed E-state index contributed by atoms with van der Waals surface area (Å²) in [5.74, 6) is -0.106. The molecular weight excluding hydrogens is 369 g/mol. The molecule has 1 aromatic rings. The molecule has 1 atom stereocenters. The molecule has 1 heterocycles. The normalized spacial score (nSPS) is 24.0. The van der Waals surface area contributed by atoms with E-state index in [1.807, 2.05) is 4.90 Å². The molecule has 1 amide bonds. The Morgan fingerprint density at radius 3 is 2.00 bits per heavy atom. The Morgan fingerprint density at radius 1 is 1.00 bits per heavy atom. The average molecular weight is 396 g/mol. The number of likely N-dealkylation sites (tertiary alicyclic amines) is 1. The zero-order valence-electron chi connectivity index (χ0n) is 16.1. The molecule has 0 radical (unpaired) electrons. The SMILES string of the molecule is CC(O)(c1ccc(C(=O)N(C2CC2)C2CCN(C3CC3)CC2)cc1)C(F)(F)F. The van der Waals surface area contributed by atoms with Crippen molar-refractivity contribution in [2.75, 3.05) is 13.1 Å². The Hall–Kier alpha value is -1.60. The van der Waals surface area contributed by atoms with Gasteiger partial charge >= 0.3 is 6.18 Å². The first-order valence-corrected chi connectivity index (χ1v) is 10.1. The molecule has 1 aromatic carbocycles. The second-order valence-electron chi connectivity index (χ2n) is 8.59. The van der Waals surface area contributed by atoms with Crippen LogP contribution in [0, 0.1) is 0 Å². The molecule has 7 heteroatoms. The molecule has 4 nitrogen and oxygen atoms in total. The molecule has 154 valence electrons. The van der Waals surface area contributed by atoms with Crippen molar-refractivity contribution >= 4 is 5.91 Å². The van der Waals surface area contributed by atoms with Crippen LogP contribution in [0.5, 0.6) is 0 Å². The van der Waals surface area contributed by atoms with Crippen LogP contribution in [0.3, 0.4) is 0 Å². The van der Waals surface area contributed by atoms with Crippen molar-refractivity contribution in [2.24, 2.45) is 0 Å². The number of piperidine rings is 1. The van der Waals surface area contributed by atoms with Crippen LogP contribution in [0.25, 0.3) is 0 Å². The lowest BCUT2D eigenvalue weighted by Crippen LogP contribution is -2.48. The first kappa shape index (κ1) is 19.7. The topological polar surface area (TPSA) is 43.8 Å². The summed E-state index contributed by atoms with van der Waals surface area (Å²) in [6, 6.07) is 6.43. The van der Waals surface area contributed by atoms with E-state index in [0.717, 1.165) is 51.7 Å². The molecule has 1 N–H and O–H groups in total. The minimum atomic E-state index is -4.77. The fraction of sp³-hybridized carbons (Fsp3) is 0.667. The van der Waals surface area contributed by atoms with Gasteiger partial charge in [-0.15, -0.1) is 0 Å². The maximum atomic E-state index is 13.1. The summed E-state index contributed by atoms with van der Waals surface area (Å²) in [6.07, 6.45) is 1.70. The van der Waals surface area contributed by atoms with Crippen molar-refractivity contribution in [3.05, 3.63) is 35.4 Å². The van der Waals surface area contributed by atoms with Gasteiger partial charge in [-0.3, -0.25) is 4.79 Å². The molecule has 1 aliphatic heterocycles. The highest BCUT2D eigenvalue weighted by Gasteiger charge is 2.51. The van der Waals surface area contributed by atoms with Crippen molar-refractivity contribution in [3.8, 4) is 0 Å². The van der Waals surface area contributed by atoms with Gasteiger partial charge < -0.3 is 14.9 Å². The first-order chi connectivity index (χ1) is 13.2. The number of nitrogens with zero attached hydrogens (tertiary/aromatic N) is 2. The van der Waals surface area contributed by atoms with Crippen LogP contribution in [0.2, 0.25) is 0 Å². The molecular formula is C21H27F3N2O2. The third-order valence-corrected chi connectivity index (χ3v) is 6.38. The predicted molar refractivity (Wildman–Crippen MR) is 98.9 cm³/mol. The van der Waals surface area contributed by atoms with E-state index >= 15 is 0 Å². The zero-order chi connectivity index (χ0) is 20.1. The summed E-state index contributed by atoms with van der Waals surface area (Å²) < 4.78 is 39.1. The van der Waals surface area contributed by atoms with Gasteiger partial charge in [0, 0.05) is 36.8 Å². The molecule has 1 saturated heterocycles. The maximum absolute atomic E-state index is 13.1. The van der Waals surface area contributed by atoms with Gasteiger partial charge in [0.1, 0.15) is 0 Å². The summed E-state index contributed by atoms with van der Waals surface area (Å²) in [5, 5.41) is 9.81. The number of benzene rings is 1. The molecule has 3 aliphatic rings. The van der Waals surface area contributed by atoms with Gasteiger partial charge in [-0.05, 0) is 63.1 Å². The number of carbonyl (C=O) groups is 1. The zero-order valence-corrected chi connectivity index (χ0v) is 16.1. The minimum absolute atomic E-state index is 0.106. The van der Waals surface area contributed by atoms with E-state index in [9.17, 15) is 23.1 Å². The van der Waals surface area contributed by atoms with Crippen LogP contribution in [0.4, 0.5) is 13.2 Å². The van der Waals surface area contributed by atoms with Crippen molar-refractivity contribution < 1.29 is 23.1 Å². The Labute approximate surface area is 163 Å².